The van der Waals surface area contributed by atoms with E-state index in [0.717, 1.165) is 79.4 Å². The van der Waals surface area contributed by atoms with Crippen LogP contribution in [0.4, 0.5) is 68.2 Å². The zero-order chi connectivity index (χ0) is 44.7. The van der Waals surface area contributed by atoms with Gasteiger partial charge in [0.25, 0.3) is 0 Å². The van der Waals surface area contributed by atoms with Crippen LogP contribution < -0.4 is 19.6 Å². The predicted octanol–water partition coefficient (Wildman–Crippen LogP) is 17.8. The van der Waals surface area contributed by atoms with Gasteiger partial charge in [-0.15, -0.1) is 0 Å². The molecule has 0 unspecified atom stereocenters. The van der Waals surface area contributed by atoms with Gasteiger partial charge in [0.2, 0.25) is 0 Å². The van der Waals surface area contributed by atoms with Crippen LogP contribution in [0.5, 0.6) is 0 Å². The van der Waals surface area contributed by atoms with Crippen LogP contribution in [-0.4, -0.2) is 0 Å². The SMILES string of the molecule is Cc1cccc(N(c2ccccc2)c2ccc(N(c3ccccc3)c3cccc(-c4ccccc4)c3N(c3ccccc3)c3ccc(N(c4ccccc4)c4cccc(C)c4)cc3)cc2)c1. The van der Waals surface area contributed by atoms with E-state index in [9.17, 15) is 0 Å². The van der Waals surface area contributed by atoms with Gasteiger partial charge in [-0.3, -0.25) is 0 Å². The molecule has 0 N–H and O–H groups in total. The van der Waals surface area contributed by atoms with Crippen molar-refractivity contribution in [2.24, 2.45) is 0 Å². The normalized spacial score (nSPS) is 10.9. The number of hydrogen-bond acceptors (Lipinski definition) is 4. The summed E-state index contributed by atoms with van der Waals surface area (Å²) in [7, 11) is 0. The molecule has 10 aromatic carbocycles. The summed E-state index contributed by atoms with van der Waals surface area (Å²) in [6.07, 6.45) is 0. The van der Waals surface area contributed by atoms with Crippen molar-refractivity contribution in [3.05, 3.63) is 278 Å². The molecule has 0 aromatic heterocycles. The Kier molecular flexibility index (Phi) is 11.9. The van der Waals surface area contributed by atoms with Crippen molar-refractivity contribution in [3.63, 3.8) is 0 Å². The number of hydrogen-bond donors (Lipinski definition) is 0. The Morgan fingerprint density at radius 2 is 0.530 bits per heavy atom. The van der Waals surface area contributed by atoms with Crippen LogP contribution >= 0.6 is 0 Å². The second-order valence-corrected chi connectivity index (χ2v) is 16.4. The minimum atomic E-state index is 1.03. The molecule has 0 saturated heterocycles. The van der Waals surface area contributed by atoms with Gasteiger partial charge in [-0.1, -0.05) is 140 Å². The van der Waals surface area contributed by atoms with E-state index in [-0.39, 0.29) is 0 Å². The molecule has 0 bridgehead atoms. The van der Waals surface area contributed by atoms with Gasteiger partial charge in [0.05, 0.1) is 11.4 Å². The second kappa shape index (κ2) is 19.0. The molecule has 318 valence electrons. The number of nitrogens with zero attached hydrogens (tertiary/aromatic N) is 4. The Hall–Kier alpha value is -8.60. The van der Waals surface area contributed by atoms with Crippen molar-refractivity contribution >= 4 is 68.2 Å². The van der Waals surface area contributed by atoms with Crippen molar-refractivity contribution in [2.45, 2.75) is 13.8 Å². The fraction of sp³-hybridized carbons (Fsp3) is 0.0323. The fourth-order valence-corrected chi connectivity index (χ4v) is 8.87. The molecule has 0 aliphatic rings. The first kappa shape index (κ1) is 41.4. The Bertz CT molecular complexity index is 3140. The van der Waals surface area contributed by atoms with E-state index in [1.54, 1.807) is 0 Å². The largest absolute Gasteiger partial charge is 0.310 e. The third-order valence-electron chi connectivity index (χ3n) is 11.9. The number of para-hydroxylation sites is 5. The second-order valence-electron chi connectivity index (χ2n) is 16.4. The zero-order valence-electron chi connectivity index (χ0n) is 37.2. The van der Waals surface area contributed by atoms with Gasteiger partial charge < -0.3 is 19.6 Å². The van der Waals surface area contributed by atoms with E-state index in [2.05, 4.69) is 300 Å². The van der Waals surface area contributed by atoms with Crippen molar-refractivity contribution in [1.29, 1.82) is 0 Å². The maximum atomic E-state index is 2.42. The van der Waals surface area contributed by atoms with Crippen LogP contribution in [0.25, 0.3) is 11.1 Å². The van der Waals surface area contributed by atoms with Crippen molar-refractivity contribution < 1.29 is 0 Å². The fourth-order valence-electron chi connectivity index (χ4n) is 8.87. The lowest BCUT2D eigenvalue weighted by Crippen LogP contribution is -2.18. The van der Waals surface area contributed by atoms with E-state index < -0.39 is 0 Å². The Morgan fingerprint density at radius 1 is 0.227 bits per heavy atom. The van der Waals surface area contributed by atoms with E-state index in [1.165, 1.54) is 11.1 Å². The molecule has 0 spiro atoms. The summed E-state index contributed by atoms with van der Waals surface area (Å²) >= 11 is 0. The van der Waals surface area contributed by atoms with E-state index >= 15 is 0 Å². The summed E-state index contributed by atoms with van der Waals surface area (Å²) in [4.78, 5) is 9.46. The molecule has 0 radical (unpaired) electrons. The summed E-state index contributed by atoms with van der Waals surface area (Å²) in [6.45, 7) is 4.29. The topological polar surface area (TPSA) is 13.0 Å². The molecule has 4 heteroatoms. The first-order valence-electron chi connectivity index (χ1n) is 22.5. The molecule has 0 fully saturated rings. The van der Waals surface area contributed by atoms with Crippen LogP contribution in [0.1, 0.15) is 11.1 Å². The molecule has 10 rings (SSSR count). The highest BCUT2D eigenvalue weighted by Crippen LogP contribution is 2.51. The first-order valence-corrected chi connectivity index (χ1v) is 22.5. The van der Waals surface area contributed by atoms with Gasteiger partial charge in [0.1, 0.15) is 0 Å². The zero-order valence-corrected chi connectivity index (χ0v) is 37.2. The smallest absolute Gasteiger partial charge is 0.0781 e. The van der Waals surface area contributed by atoms with Crippen molar-refractivity contribution in [1.82, 2.24) is 0 Å². The molecule has 0 heterocycles. The van der Waals surface area contributed by atoms with Crippen molar-refractivity contribution in [2.75, 3.05) is 19.6 Å². The Balaban J connectivity index is 1.16. The maximum absolute atomic E-state index is 2.42. The number of benzene rings is 10. The van der Waals surface area contributed by atoms with Gasteiger partial charge >= 0.3 is 0 Å². The highest BCUT2D eigenvalue weighted by molar-refractivity contribution is 5.99. The minimum absolute atomic E-state index is 1.03. The molecule has 10 aromatic rings. The molecular formula is C62H50N4. The molecule has 0 aliphatic carbocycles. The predicted molar refractivity (Wildman–Crippen MR) is 280 cm³/mol. The Morgan fingerprint density at radius 3 is 0.939 bits per heavy atom. The van der Waals surface area contributed by atoms with Crippen LogP contribution in [0.3, 0.4) is 0 Å². The molecule has 66 heavy (non-hydrogen) atoms. The summed E-state index contributed by atoms with van der Waals surface area (Å²) in [5.41, 5.74) is 17.5. The lowest BCUT2D eigenvalue weighted by atomic mass is 9.99. The van der Waals surface area contributed by atoms with Crippen LogP contribution in [0, 0.1) is 13.8 Å². The summed E-state index contributed by atoms with van der Waals surface area (Å²) < 4.78 is 0. The molecule has 0 aliphatic heterocycles. The quantitative estimate of drug-likeness (QED) is 0.115. The van der Waals surface area contributed by atoms with E-state index in [1.807, 2.05) is 0 Å². The van der Waals surface area contributed by atoms with Crippen LogP contribution in [0.2, 0.25) is 0 Å². The highest BCUT2D eigenvalue weighted by Gasteiger charge is 2.26. The standard InChI is InChI=1S/C62H50N4/c1-47-21-18-33-58(45-47)63(50-25-10-4-11-26-50)54-37-41-56(42-38-54)65(52-29-14-6-15-30-52)61-36-20-35-60(49-23-8-3-9-24-49)62(61)66(53-31-16-7-17-32-53)57-43-39-55(40-44-57)64(51-27-12-5-13-28-51)59-34-19-22-48(2)46-59/h3-46H,1-2H3. The average Bonchev–Trinajstić information content (AvgIpc) is 3.37. The molecular weight excluding hydrogens is 801 g/mol. The van der Waals surface area contributed by atoms with E-state index in [0.29, 0.717) is 0 Å². The van der Waals surface area contributed by atoms with Gasteiger partial charge in [-0.25, -0.2) is 0 Å². The van der Waals surface area contributed by atoms with Crippen LogP contribution in [0.15, 0.2) is 267 Å². The summed E-state index contributed by atoms with van der Waals surface area (Å²) in [6, 6.07) is 95.4. The highest BCUT2D eigenvalue weighted by atomic mass is 15.2. The Labute approximate surface area is 389 Å². The van der Waals surface area contributed by atoms with E-state index in [4.69, 9.17) is 0 Å². The molecule has 0 atom stereocenters. The lowest BCUT2D eigenvalue weighted by molar-refractivity contribution is 1.22. The first-order chi connectivity index (χ1) is 32.6. The maximum Gasteiger partial charge on any atom is 0.0781 e. The minimum Gasteiger partial charge on any atom is -0.310 e. The molecule has 0 saturated carbocycles. The van der Waals surface area contributed by atoms with Gasteiger partial charge in [-0.05, 0) is 158 Å². The van der Waals surface area contributed by atoms with Gasteiger partial charge in [0, 0.05) is 62.4 Å². The monoisotopic (exact) mass is 850 g/mol. The molecule has 4 nitrogen and oxygen atoms in total. The third-order valence-corrected chi connectivity index (χ3v) is 11.9. The van der Waals surface area contributed by atoms with Crippen LogP contribution in [-0.2, 0) is 0 Å². The lowest BCUT2D eigenvalue weighted by Gasteiger charge is -2.35. The molecule has 0 amide bonds. The van der Waals surface area contributed by atoms with Gasteiger partial charge in [-0.2, -0.15) is 0 Å². The van der Waals surface area contributed by atoms with Crippen molar-refractivity contribution in [3.8, 4) is 11.1 Å². The number of rotatable bonds is 13. The average molecular weight is 851 g/mol. The summed E-state index contributed by atoms with van der Waals surface area (Å²) in [5, 5.41) is 0. The van der Waals surface area contributed by atoms with Gasteiger partial charge in [0.15, 0.2) is 0 Å². The summed E-state index contributed by atoms with van der Waals surface area (Å²) in [5.74, 6) is 0. The number of anilines is 12. The number of aryl methyl sites for hydroxylation is 2. The third kappa shape index (κ3) is 8.68.